The smallest absolute Gasteiger partial charge is 0.0726 e. The van der Waals surface area contributed by atoms with E-state index in [0.717, 1.165) is 31.7 Å². The first kappa shape index (κ1) is 8.59. The summed E-state index contributed by atoms with van der Waals surface area (Å²) < 4.78 is 0. The van der Waals surface area contributed by atoms with E-state index in [-0.39, 0.29) is 6.10 Å². The largest absolute Gasteiger partial charge is 0.392 e. The minimum Gasteiger partial charge on any atom is -0.392 e. The number of aromatic nitrogens is 2. The van der Waals surface area contributed by atoms with Crippen LogP contribution in [0.15, 0.2) is 18.6 Å². The van der Waals surface area contributed by atoms with Crippen LogP contribution in [0, 0.1) is 0 Å². The summed E-state index contributed by atoms with van der Waals surface area (Å²) >= 11 is 0. The Bertz CT molecular complexity index is 265. The van der Waals surface area contributed by atoms with Gasteiger partial charge in [0.25, 0.3) is 0 Å². The molecule has 2 rings (SSSR count). The van der Waals surface area contributed by atoms with Crippen LogP contribution >= 0.6 is 0 Å². The number of likely N-dealkylation sites (tertiary alicyclic amines) is 1. The molecule has 0 unspecified atom stereocenters. The average Bonchev–Trinajstić information content (AvgIpc) is 2.53. The van der Waals surface area contributed by atoms with Gasteiger partial charge in [-0.1, -0.05) is 0 Å². The number of hydrogen-bond donors (Lipinski definition) is 1. The van der Waals surface area contributed by atoms with Crippen molar-refractivity contribution in [3.63, 3.8) is 0 Å². The molecule has 0 spiro atoms. The van der Waals surface area contributed by atoms with E-state index in [4.69, 9.17) is 0 Å². The third kappa shape index (κ3) is 2.23. The summed E-state index contributed by atoms with van der Waals surface area (Å²) in [6.45, 7) is 2.51. The van der Waals surface area contributed by atoms with Gasteiger partial charge in [0.2, 0.25) is 0 Å². The lowest BCUT2D eigenvalue weighted by atomic mass is 10.3. The molecule has 2 heterocycles. The fourth-order valence-corrected chi connectivity index (χ4v) is 1.60. The normalized spacial score (nSPS) is 23.6. The van der Waals surface area contributed by atoms with E-state index in [1.165, 1.54) is 0 Å². The molecule has 0 radical (unpaired) electrons. The summed E-state index contributed by atoms with van der Waals surface area (Å²) in [4.78, 5) is 10.4. The maximum absolute atomic E-state index is 9.30. The fraction of sp³-hybridized carbons (Fsp3) is 0.556. The van der Waals surface area contributed by atoms with Gasteiger partial charge in [-0.2, -0.15) is 0 Å². The number of rotatable bonds is 2. The maximum atomic E-state index is 9.30. The summed E-state index contributed by atoms with van der Waals surface area (Å²) in [5.41, 5.74) is 0.969. The summed E-state index contributed by atoms with van der Waals surface area (Å²) in [5, 5.41) is 9.30. The van der Waals surface area contributed by atoms with Gasteiger partial charge in [0, 0.05) is 38.2 Å². The molecule has 1 saturated heterocycles. The molecule has 13 heavy (non-hydrogen) atoms. The van der Waals surface area contributed by atoms with Gasteiger partial charge < -0.3 is 5.11 Å². The highest BCUT2D eigenvalue weighted by Gasteiger charge is 2.20. The second kappa shape index (κ2) is 3.81. The van der Waals surface area contributed by atoms with Crippen LogP contribution in [0.3, 0.4) is 0 Å². The second-order valence-corrected chi connectivity index (χ2v) is 3.37. The zero-order chi connectivity index (χ0) is 9.10. The van der Waals surface area contributed by atoms with Crippen molar-refractivity contribution < 1.29 is 5.11 Å². The molecule has 70 valence electrons. The maximum Gasteiger partial charge on any atom is 0.0726 e. The lowest BCUT2D eigenvalue weighted by Crippen LogP contribution is -2.22. The van der Waals surface area contributed by atoms with E-state index in [1.54, 1.807) is 18.6 Å². The number of β-amino-alcohol motifs (C(OH)–C–C–N with tert-alkyl or cyclic N) is 1. The van der Waals surface area contributed by atoms with Crippen LogP contribution in [0.5, 0.6) is 0 Å². The zero-order valence-corrected chi connectivity index (χ0v) is 7.43. The van der Waals surface area contributed by atoms with E-state index in [2.05, 4.69) is 14.9 Å². The van der Waals surface area contributed by atoms with Gasteiger partial charge in [-0.15, -0.1) is 0 Å². The Kier molecular flexibility index (Phi) is 2.52. The highest BCUT2D eigenvalue weighted by Crippen LogP contribution is 2.10. The number of nitrogens with zero attached hydrogens (tertiary/aromatic N) is 3. The summed E-state index contributed by atoms with van der Waals surface area (Å²) in [6, 6.07) is 0. The first-order chi connectivity index (χ1) is 6.34. The molecule has 0 amide bonds. The highest BCUT2D eigenvalue weighted by molar-refractivity contribution is 4.95. The molecular formula is C9H13N3O. The van der Waals surface area contributed by atoms with Crippen molar-refractivity contribution in [2.45, 2.75) is 19.1 Å². The van der Waals surface area contributed by atoms with Crippen LogP contribution < -0.4 is 0 Å². The number of hydrogen-bond acceptors (Lipinski definition) is 4. The van der Waals surface area contributed by atoms with Gasteiger partial charge in [0.15, 0.2) is 0 Å². The summed E-state index contributed by atoms with van der Waals surface area (Å²) in [6.07, 6.45) is 5.85. The van der Waals surface area contributed by atoms with Gasteiger partial charge >= 0.3 is 0 Å². The van der Waals surface area contributed by atoms with Crippen LogP contribution in [-0.2, 0) is 6.54 Å². The zero-order valence-electron chi connectivity index (χ0n) is 7.43. The molecule has 0 bridgehead atoms. The minimum absolute atomic E-state index is 0.156. The van der Waals surface area contributed by atoms with Crippen LogP contribution in [0.1, 0.15) is 12.1 Å². The molecule has 1 atom stereocenters. The first-order valence-corrected chi connectivity index (χ1v) is 4.50. The molecular weight excluding hydrogens is 166 g/mol. The summed E-state index contributed by atoms with van der Waals surface area (Å²) in [7, 11) is 0. The van der Waals surface area contributed by atoms with E-state index < -0.39 is 0 Å². The molecule has 1 N–H and O–H groups in total. The molecule has 0 aromatic carbocycles. The third-order valence-corrected chi connectivity index (χ3v) is 2.25. The number of aliphatic hydroxyl groups excluding tert-OH is 1. The molecule has 1 aliphatic heterocycles. The van der Waals surface area contributed by atoms with Crippen molar-refractivity contribution in [3.8, 4) is 0 Å². The van der Waals surface area contributed by atoms with Crippen LogP contribution in [0.25, 0.3) is 0 Å². The molecule has 1 aliphatic rings. The van der Waals surface area contributed by atoms with Crippen molar-refractivity contribution in [1.29, 1.82) is 0 Å². The minimum atomic E-state index is -0.156. The molecule has 1 fully saturated rings. The first-order valence-electron chi connectivity index (χ1n) is 4.50. The van der Waals surface area contributed by atoms with Crippen molar-refractivity contribution in [1.82, 2.24) is 14.9 Å². The van der Waals surface area contributed by atoms with Gasteiger partial charge in [-0.05, 0) is 6.42 Å². The Balaban J connectivity index is 1.92. The highest BCUT2D eigenvalue weighted by atomic mass is 16.3. The Labute approximate surface area is 77.2 Å². The van der Waals surface area contributed by atoms with Crippen molar-refractivity contribution in [3.05, 3.63) is 24.3 Å². The third-order valence-electron chi connectivity index (χ3n) is 2.25. The van der Waals surface area contributed by atoms with E-state index in [0.29, 0.717) is 0 Å². The monoisotopic (exact) mass is 179 g/mol. The van der Waals surface area contributed by atoms with Gasteiger partial charge in [-0.3, -0.25) is 14.9 Å². The van der Waals surface area contributed by atoms with Crippen molar-refractivity contribution in [2.75, 3.05) is 13.1 Å². The predicted molar refractivity (Wildman–Crippen MR) is 47.9 cm³/mol. The molecule has 1 aromatic rings. The van der Waals surface area contributed by atoms with Crippen molar-refractivity contribution in [2.24, 2.45) is 0 Å². The fourth-order valence-electron chi connectivity index (χ4n) is 1.60. The topological polar surface area (TPSA) is 49.2 Å². The molecule has 4 nitrogen and oxygen atoms in total. The average molecular weight is 179 g/mol. The van der Waals surface area contributed by atoms with E-state index in [1.807, 2.05) is 0 Å². The van der Waals surface area contributed by atoms with E-state index in [9.17, 15) is 5.11 Å². The molecule has 4 heteroatoms. The van der Waals surface area contributed by atoms with Crippen LogP contribution in [-0.4, -0.2) is 39.2 Å². The summed E-state index contributed by atoms with van der Waals surface area (Å²) in [5.74, 6) is 0. The van der Waals surface area contributed by atoms with Crippen LogP contribution in [0.4, 0.5) is 0 Å². The molecule has 0 aliphatic carbocycles. The van der Waals surface area contributed by atoms with Gasteiger partial charge in [0.1, 0.15) is 0 Å². The van der Waals surface area contributed by atoms with Gasteiger partial charge in [-0.25, -0.2) is 0 Å². The van der Waals surface area contributed by atoms with Crippen LogP contribution in [0.2, 0.25) is 0 Å². The Morgan fingerprint density at radius 3 is 3.08 bits per heavy atom. The Hall–Kier alpha value is -1.00. The lowest BCUT2D eigenvalue weighted by molar-refractivity contribution is 0.174. The SMILES string of the molecule is O[C@@H]1CCN(Cc2cnccn2)C1. The predicted octanol–water partition coefficient (Wildman–Crippen LogP) is 0.0432. The molecule has 0 saturated carbocycles. The second-order valence-electron chi connectivity index (χ2n) is 3.37. The molecule has 1 aromatic heterocycles. The quantitative estimate of drug-likeness (QED) is 0.696. The Morgan fingerprint density at radius 1 is 1.54 bits per heavy atom. The number of aliphatic hydroxyl groups is 1. The van der Waals surface area contributed by atoms with Gasteiger partial charge in [0.05, 0.1) is 11.8 Å². The van der Waals surface area contributed by atoms with E-state index >= 15 is 0 Å². The Morgan fingerprint density at radius 2 is 2.46 bits per heavy atom. The standard InChI is InChI=1S/C9H13N3O/c13-9-1-4-12(7-9)6-8-5-10-2-3-11-8/h2-3,5,9,13H,1,4,6-7H2/t9-/m1/s1. The lowest BCUT2D eigenvalue weighted by Gasteiger charge is -2.13. The van der Waals surface area contributed by atoms with Crippen molar-refractivity contribution >= 4 is 0 Å².